The van der Waals surface area contributed by atoms with E-state index in [2.05, 4.69) is 15.4 Å². The first-order valence-corrected chi connectivity index (χ1v) is 5.74. The van der Waals surface area contributed by atoms with Gasteiger partial charge >= 0.3 is 0 Å². The van der Waals surface area contributed by atoms with Gasteiger partial charge in [-0.1, -0.05) is 0 Å². The number of aryl methyl sites for hydroxylation is 2. The average molecular weight is 275 g/mol. The van der Waals surface area contributed by atoms with Gasteiger partial charge in [0.1, 0.15) is 5.75 Å². The maximum atomic E-state index is 10.8. The van der Waals surface area contributed by atoms with Crippen molar-refractivity contribution in [1.82, 2.24) is 9.97 Å². The van der Waals surface area contributed by atoms with Crippen LogP contribution in [-0.4, -0.2) is 14.9 Å². The summed E-state index contributed by atoms with van der Waals surface area (Å²) < 4.78 is 5.60. The molecule has 0 unspecified atom stereocenters. The summed E-state index contributed by atoms with van der Waals surface area (Å²) in [5.41, 5.74) is 3.53. The van der Waals surface area contributed by atoms with E-state index in [0.717, 1.165) is 0 Å². The first kappa shape index (κ1) is 13.7. The van der Waals surface area contributed by atoms with E-state index in [4.69, 9.17) is 10.6 Å². The first-order valence-electron chi connectivity index (χ1n) is 5.74. The Hall–Kier alpha value is -2.74. The molecule has 8 nitrogen and oxygen atoms in total. The molecule has 20 heavy (non-hydrogen) atoms. The Morgan fingerprint density at radius 1 is 1.35 bits per heavy atom. The van der Waals surface area contributed by atoms with E-state index in [-0.39, 0.29) is 11.6 Å². The van der Waals surface area contributed by atoms with Gasteiger partial charge in [0.2, 0.25) is 11.8 Å². The summed E-state index contributed by atoms with van der Waals surface area (Å²) >= 11 is 0. The van der Waals surface area contributed by atoms with E-state index in [0.29, 0.717) is 22.8 Å². The lowest BCUT2D eigenvalue weighted by Crippen LogP contribution is -2.10. The summed E-state index contributed by atoms with van der Waals surface area (Å²) in [6, 6.07) is 4.64. The van der Waals surface area contributed by atoms with Crippen LogP contribution in [0.2, 0.25) is 0 Å². The molecule has 0 saturated carbocycles. The first-order chi connectivity index (χ1) is 9.51. The van der Waals surface area contributed by atoms with Crippen molar-refractivity contribution in [2.75, 3.05) is 5.43 Å². The summed E-state index contributed by atoms with van der Waals surface area (Å²) in [5, 5.41) is 10.8. The molecule has 2 aromatic rings. The number of benzene rings is 1. The van der Waals surface area contributed by atoms with Crippen LogP contribution in [0.1, 0.15) is 11.1 Å². The van der Waals surface area contributed by atoms with Crippen molar-refractivity contribution in [2.24, 2.45) is 5.84 Å². The quantitative estimate of drug-likeness (QED) is 0.498. The summed E-state index contributed by atoms with van der Waals surface area (Å²) in [4.78, 5) is 18.3. The van der Waals surface area contributed by atoms with Crippen LogP contribution in [0.3, 0.4) is 0 Å². The third-order valence-electron chi connectivity index (χ3n) is 2.66. The minimum Gasteiger partial charge on any atom is -0.439 e. The number of nitrogens with one attached hydrogen (secondary N) is 1. The van der Waals surface area contributed by atoms with Crippen molar-refractivity contribution in [2.45, 2.75) is 13.8 Å². The number of rotatable bonds is 4. The average Bonchev–Trinajstić information content (AvgIpc) is 2.42. The summed E-state index contributed by atoms with van der Waals surface area (Å²) in [6.07, 6.45) is 1.49. The number of nitro groups is 1. The smallest absolute Gasteiger partial charge is 0.272 e. The predicted octanol–water partition coefficient (Wildman–Crippen LogP) is 2.08. The fourth-order valence-corrected chi connectivity index (χ4v) is 1.66. The van der Waals surface area contributed by atoms with Crippen LogP contribution in [0.25, 0.3) is 0 Å². The highest BCUT2D eigenvalue weighted by atomic mass is 16.6. The van der Waals surface area contributed by atoms with Gasteiger partial charge in [-0.05, 0) is 25.5 Å². The van der Waals surface area contributed by atoms with Crippen LogP contribution in [0.4, 0.5) is 11.6 Å². The van der Waals surface area contributed by atoms with Gasteiger partial charge in [-0.3, -0.25) is 15.5 Å². The number of ether oxygens (including phenoxy) is 1. The van der Waals surface area contributed by atoms with Gasteiger partial charge in [0.25, 0.3) is 5.69 Å². The van der Waals surface area contributed by atoms with E-state index < -0.39 is 4.92 Å². The van der Waals surface area contributed by atoms with E-state index in [1.54, 1.807) is 26.0 Å². The van der Waals surface area contributed by atoms with Gasteiger partial charge in [0.05, 0.1) is 4.92 Å². The van der Waals surface area contributed by atoms with E-state index in [9.17, 15) is 10.1 Å². The molecule has 0 bridgehead atoms. The molecular weight excluding hydrogens is 262 g/mol. The fraction of sp³-hybridized carbons (Fsp3) is 0.167. The van der Waals surface area contributed by atoms with Gasteiger partial charge in [0.15, 0.2) is 0 Å². The van der Waals surface area contributed by atoms with Gasteiger partial charge in [-0.15, -0.1) is 0 Å². The van der Waals surface area contributed by atoms with Crippen molar-refractivity contribution in [3.63, 3.8) is 0 Å². The molecule has 0 aliphatic heterocycles. The lowest BCUT2D eigenvalue weighted by atomic mass is 10.1. The van der Waals surface area contributed by atoms with Crippen LogP contribution in [-0.2, 0) is 0 Å². The maximum Gasteiger partial charge on any atom is 0.272 e. The molecule has 1 aromatic heterocycles. The Kier molecular flexibility index (Phi) is 3.76. The Labute approximate surface area is 114 Å². The molecule has 0 spiro atoms. The number of hydrogen-bond acceptors (Lipinski definition) is 7. The molecule has 2 rings (SSSR count). The summed E-state index contributed by atoms with van der Waals surface area (Å²) in [7, 11) is 0. The molecule has 0 fully saturated rings. The minimum absolute atomic E-state index is 0.0573. The summed E-state index contributed by atoms with van der Waals surface area (Å²) in [6.45, 7) is 3.38. The zero-order valence-electron chi connectivity index (χ0n) is 11.0. The van der Waals surface area contributed by atoms with Crippen LogP contribution in [0.5, 0.6) is 11.6 Å². The number of nitrogens with two attached hydrogens (primary N) is 1. The zero-order valence-corrected chi connectivity index (χ0v) is 11.0. The van der Waals surface area contributed by atoms with E-state index in [1.807, 2.05) is 0 Å². The molecule has 0 aliphatic rings. The van der Waals surface area contributed by atoms with Crippen molar-refractivity contribution < 1.29 is 9.66 Å². The van der Waals surface area contributed by atoms with E-state index >= 15 is 0 Å². The highest BCUT2D eigenvalue weighted by molar-refractivity contribution is 5.50. The van der Waals surface area contributed by atoms with Crippen LogP contribution < -0.4 is 16.0 Å². The molecule has 104 valence electrons. The normalized spacial score (nSPS) is 10.2. The Balaban J connectivity index is 2.34. The number of nitrogen functional groups attached to an aromatic ring is 1. The molecular formula is C12H13N5O3. The lowest BCUT2D eigenvalue weighted by Gasteiger charge is -2.09. The van der Waals surface area contributed by atoms with Gasteiger partial charge in [-0.2, -0.15) is 4.98 Å². The lowest BCUT2D eigenvalue weighted by molar-refractivity contribution is -0.385. The second-order valence-corrected chi connectivity index (χ2v) is 4.13. The summed E-state index contributed by atoms with van der Waals surface area (Å²) in [5.74, 6) is 6.23. The number of anilines is 1. The van der Waals surface area contributed by atoms with Crippen molar-refractivity contribution >= 4 is 11.6 Å². The van der Waals surface area contributed by atoms with Crippen LogP contribution in [0, 0.1) is 24.0 Å². The minimum atomic E-state index is -0.423. The molecule has 3 N–H and O–H groups in total. The van der Waals surface area contributed by atoms with Gasteiger partial charge in [-0.25, -0.2) is 10.8 Å². The maximum absolute atomic E-state index is 10.8. The Morgan fingerprint density at radius 2 is 2.10 bits per heavy atom. The molecule has 8 heteroatoms. The molecule has 1 aromatic carbocycles. The van der Waals surface area contributed by atoms with Crippen LogP contribution >= 0.6 is 0 Å². The molecule has 1 heterocycles. The standard InChI is InChI=1S/C12H13N5O3/c1-7-6-10(8(2)5-9(7)17(18)19)20-11-3-4-14-12(15-11)16-13/h3-6H,13H2,1-2H3,(H,14,15,16). The fourth-order valence-electron chi connectivity index (χ4n) is 1.66. The van der Waals surface area contributed by atoms with Crippen LogP contribution in [0.15, 0.2) is 24.4 Å². The monoisotopic (exact) mass is 275 g/mol. The van der Waals surface area contributed by atoms with Crippen molar-refractivity contribution in [3.05, 3.63) is 45.6 Å². The second kappa shape index (κ2) is 5.49. The van der Waals surface area contributed by atoms with Crippen molar-refractivity contribution in [3.8, 4) is 11.6 Å². The number of hydrogen-bond donors (Lipinski definition) is 2. The Bertz CT molecular complexity index is 660. The van der Waals surface area contributed by atoms with Gasteiger partial charge in [0, 0.05) is 23.9 Å². The van der Waals surface area contributed by atoms with E-state index in [1.165, 1.54) is 12.3 Å². The molecule has 0 atom stereocenters. The third-order valence-corrected chi connectivity index (χ3v) is 2.66. The number of aromatic nitrogens is 2. The predicted molar refractivity (Wildman–Crippen MR) is 72.5 cm³/mol. The molecule has 0 saturated heterocycles. The topological polar surface area (TPSA) is 116 Å². The largest absolute Gasteiger partial charge is 0.439 e. The molecule has 0 radical (unpaired) electrons. The highest BCUT2D eigenvalue weighted by Gasteiger charge is 2.14. The SMILES string of the molecule is Cc1cc([N+](=O)[O-])c(C)cc1Oc1ccnc(NN)n1. The molecule has 0 amide bonds. The number of hydrazine groups is 1. The Morgan fingerprint density at radius 3 is 2.75 bits per heavy atom. The van der Waals surface area contributed by atoms with Gasteiger partial charge < -0.3 is 4.74 Å². The second-order valence-electron chi connectivity index (χ2n) is 4.13. The van der Waals surface area contributed by atoms with Crippen molar-refractivity contribution in [1.29, 1.82) is 0 Å². The third kappa shape index (κ3) is 2.81. The number of nitro benzene ring substituents is 1. The molecule has 0 aliphatic carbocycles. The highest BCUT2D eigenvalue weighted by Crippen LogP contribution is 2.30. The number of nitrogens with zero attached hydrogens (tertiary/aromatic N) is 3. The zero-order chi connectivity index (χ0) is 14.7.